The second-order valence-electron chi connectivity index (χ2n) is 17.3. The minimum atomic E-state index is -0.861. The molecule has 4 saturated carbocycles. The summed E-state index contributed by atoms with van der Waals surface area (Å²) in [4.78, 5) is 29.6. The maximum Gasteiger partial charge on any atom is 0.335 e. The van der Waals surface area contributed by atoms with Crippen LogP contribution >= 0.6 is 0 Å². The van der Waals surface area contributed by atoms with E-state index >= 15 is 0 Å². The Labute approximate surface area is 277 Å². The van der Waals surface area contributed by atoms with Crippen LogP contribution in [-0.4, -0.2) is 65.7 Å². The number of hydrogen-bond acceptors (Lipinski definition) is 3. The molecule has 6 aliphatic rings. The molecule has 0 bridgehead atoms. The van der Waals surface area contributed by atoms with Crippen LogP contribution in [0.2, 0.25) is 0 Å². The first kappa shape index (κ1) is 32.2. The summed E-state index contributed by atoms with van der Waals surface area (Å²) in [5.41, 5.74) is 3.82. The van der Waals surface area contributed by atoms with E-state index in [1.807, 2.05) is 24.1 Å². The minimum absolute atomic E-state index is 0.0271. The van der Waals surface area contributed by atoms with Gasteiger partial charge in [-0.05, 0) is 153 Å². The van der Waals surface area contributed by atoms with Gasteiger partial charge in [-0.15, -0.1) is 0 Å². The maximum atomic E-state index is 13.7. The average molecular weight is 630 g/mol. The lowest BCUT2D eigenvalue weighted by molar-refractivity contribution is -0.210. The number of aromatic carboxylic acids is 1. The van der Waals surface area contributed by atoms with Crippen LogP contribution in [0.1, 0.15) is 121 Å². The molecule has 6 unspecified atom stereocenters. The van der Waals surface area contributed by atoms with Crippen molar-refractivity contribution in [3.8, 4) is 0 Å². The predicted molar refractivity (Wildman–Crippen MR) is 185 cm³/mol. The van der Waals surface area contributed by atoms with Gasteiger partial charge in [0.1, 0.15) is 0 Å². The molecule has 5 aliphatic carbocycles. The van der Waals surface area contributed by atoms with Crippen molar-refractivity contribution in [3.63, 3.8) is 0 Å². The fourth-order valence-electron chi connectivity index (χ4n) is 12.9. The molecule has 0 radical (unpaired) electrons. The molecule has 1 saturated heterocycles. The van der Waals surface area contributed by atoms with Crippen LogP contribution in [0.25, 0.3) is 5.57 Å². The Morgan fingerprint density at radius 3 is 2.35 bits per heavy atom. The van der Waals surface area contributed by atoms with Crippen LogP contribution in [0.15, 0.2) is 30.3 Å². The van der Waals surface area contributed by atoms with Crippen LogP contribution in [0.3, 0.4) is 0 Å². The van der Waals surface area contributed by atoms with E-state index < -0.39 is 5.97 Å². The number of nitrogens with one attached hydrogen (secondary N) is 1. The summed E-state index contributed by atoms with van der Waals surface area (Å²) in [6, 6.07) is 7.72. The van der Waals surface area contributed by atoms with Crippen LogP contribution in [-0.2, 0) is 0 Å². The molecule has 46 heavy (non-hydrogen) atoms. The number of hydrogen-bond donors (Lipinski definition) is 2. The third-order valence-corrected chi connectivity index (χ3v) is 15.7. The van der Waals surface area contributed by atoms with Gasteiger partial charge in [0.25, 0.3) is 0 Å². The molecule has 0 spiro atoms. The molecule has 6 heteroatoms. The largest absolute Gasteiger partial charge is 0.478 e. The molecule has 2 amide bonds. The number of likely N-dealkylation sites (N-methyl/N-ethyl adjacent to an activating group) is 1. The van der Waals surface area contributed by atoms with E-state index in [2.05, 4.69) is 44.0 Å². The normalized spacial score (nSPS) is 41.8. The third kappa shape index (κ3) is 4.89. The SMILES string of the molecule is CC1C(c2ccc(C(=O)O)cc2)=CC[C@@]2(C)C1CCC1(C)C2CCC2C3CCC[C@]3(NC(=O)N(C)CCN3CCCC3)CC[C@]21C. The molecule has 0 aromatic heterocycles. The van der Waals surface area contributed by atoms with Gasteiger partial charge in [0.2, 0.25) is 0 Å². The van der Waals surface area contributed by atoms with Crippen molar-refractivity contribution in [3.05, 3.63) is 41.5 Å². The smallest absolute Gasteiger partial charge is 0.335 e. The van der Waals surface area contributed by atoms with Crippen LogP contribution < -0.4 is 5.32 Å². The van der Waals surface area contributed by atoms with Gasteiger partial charge in [-0.2, -0.15) is 0 Å². The number of carboxylic acids is 1. The van der Waals surface area contributed by atoms with E-state index in [1.165, 1.54) is 82.0 Å². The molecule has 1 aromatic rings. The number of urea groups is 1. The monoisotopic (exact) mass is 629 g/mol. The van der Waals surface area contributed by atoms with Gasteiger partial charge in [0, 0.05) is 25.7 Å². The first-order valence-corrected chi connectivity index (χ1v) is 18.7. The number of likely N-dealkylation sites (tertiary alicyclic amines) is 1. The molecular weight excluding hydrogens is 570 g/mol. The number of amides is 2. The summed E-state index contributed by atoms with van der Waals surface area (Å²) < 4.78 is 0. The number of carbonyl (C=O) groups excluding carboxylic acids is 1. The third-order valence-electron chi connectivity index (χ3n) is 15.7. The molecule has 5 fully saturated rings. The summed E-state index contributed by atoms with van der Waals surface area (Å²) in [7, 11) is 2.00. The lowest BCUT2D eigenvalue weighted by Gasteiger charge is -2.71. The highest BCUT2D eigenvalue weighted by Crippen LogP contribution is 2.75. The molecular formula is C40H59N3O3. The van der Waals surface area contributed by atoms with E-state index in [0.717, 1.165) is 32.4 Å². The second kappa shape index (κ2) is 11.7. The van der Waals surface area contributed by atoms with Gasteiger partial charge in [0.15, 0.2) is 0 Å². The molecule has 252 valence electrons. The van der Waals surface area contributed by atoms with E-state index in [-0.39, 0.29) is 17.0 Å². The first-order chi connectivity index (χ1) is 21.9. The van der Waals surface area contributed by atoms with Crippen molar-refractivity contribution in [1.29, 1.82) is 0 Å². The minimum Gasteiger partial charge on any atom is -0.478 e. The van der Waals surface area contributed by atoms with Crippen LogP contribution in [0.4, 0.5) is 4.79 Å². The van der Waals surface area contributed by atoms with E-state index in [0.29, 0.717) is 46.0 Å². The number of allylic oxidation sites excluding steroid dienone is 2. The topological polar surface area (TPSA) is 72.9 Å². The Hall–Kier alpha value is -2.34. The molecule has 2 N–H and O–H groups in total. The maximum absolute atomic E-state index is 13.7. The average Bonchev–Trinajstić information content (AvgIpc) is 3.71. The number of carbonyl (C=O) groups is 2. The zero-order valence-electron chi connectivity index (χ0n) is 29.2. The summed E-state index contributed by atoms with van der Waals surface area (Å²) in [5.74, 6) is 2.23. The fourth-order valence-corrected chi connectivity index (χ4v) is 12.9. The highest BCUT2D eigenvalue weighted by molar-refractivity contribution is 5.88. The molecule has 6 nitrogen and oxygen atoms in total. The Morgan fingerprint density at radius 2 is 1.63 bits per heavy atom. The highest BCUT2D eigenvalue weighted by atomic mass is 16.4. The Bertz CT molecular complexity index is 1370. The predicted octanol–water partition coefficient (Wildman–Crippen LogP) is 8.33. The Kier molecular flexibility index (Phi) is 8.17. The Morgan fingerprint density at radius 1 is 0.891 bits per heavy atom. The highest BCUT2D eigenvalue weighted by Gasteiger charge is 2.68. The number of fused-ring (bicyclic) bond motifs is 7. The van der Waals surface area contributed by atoms with Crippen molar-refractivity contribution in [2.75, 3.05) is 33.2 Å². The van der Waals surface area contributed by atoms with Gasteiger partial charge in [0.05, 0.1) is 5.56 Å². The molecule has 7 rings (SSSR count). The standard InChI is InChI=1S/C40H59N3O3/c1-27-30(28-10-12-29(13-11-28)35(44)45)16-19-37(2)31(27)17-20-39(4)34(37)15-14-32-33-9-8-18-40(33,22-21-38(32,39)3)41-36(46)42(5)25-26-43-23-6-7-24-43/h10-13,16,27,31-34H,6-9,14-15,17-26H2,1-5H3,(H,41,46)(H,44,45)/t27?,31?,32?,33?,34?,37-,38+,39?,40-/m0/s1. The van der Waals surface area contributed by atoms with Gasteiger partial charge in [-0.1, -0.05) is 52.3 Å². The van der Waals surface area contributed by atoms with Crippen molar-refractivity contribution in [2.24, 2.45) is 45.8 Å². The number of benzene rings is 1. The van der Waals surface area contributed by atoms with E-state index in [9.17, 15) is 14.7 Å². The number of carboxylic acid groups (broad SMARTS) is 1. The van der Waals surface area contributed by atoms with E-state index in [1.54, 1.807) is 12.1 Å². The lowest BCUT2D eigenvalue weighted by atomic mass is 9.34. The van der Waals surface area contributed by atoms with Gasteiger partial charge < -0.3 is 20.2 Å². The lowest BCUT2D eigenvalue weighted by Crippen LogP contribution is -2.67. The summed E-state index contributed by atoms with van der Waals surface area (Å²) in [6.45, 7) is 14.6. The van der Waals surface area contributed by atoms with Crippen molar-refractivity contribution < 1.29 is 14.7 Å². The number of rotatable bonds is 6. The second-order valence-corrected chi connectivity index (χ2v) is 17.3. The zero-order valence-corrected chi connectivity index (χ0v) is 29.2. The number of nitrogens with zero attached hydrogens (tertiary/aromatic N) is 2. The molecule has 9 atom stereocenters. The molecule has 1 heterocycles. The Balaban J connectivity index is 1.09. The van der Waals surface area contributed by atoms with Crippen LogP contribution in [0.5, 0.6) is 0 Å². The van der Waals surface area contributed by atoms with Crippen molar-refractivity contribution >= 4 is 17.6 Å². The first-order valence-electron chi connectivity index (χ1n) is 18.7. The molecule has 1 aromatic carbocycles. The zero-order chi connectivity index (χ0) is 32.5. The summed E-state index contributed by atoms with van der Waals surface area (Å²) >= 11 is 0. The molecule has 1 aliphatic heterocycles. The van der Waals surface area contributed by atoms with Gasteiger partial charge in [-0.25, -0.2) is 9.59 Å². The van der Waals surface area contributed by atoms with E-state index in [4.69, 9.17) is 0 Å². The van der Waals surface area contributed by atoms with Gasteiger partial charge in [-0.3, -0.25) is 0 Å². The summed E-state index contributed by atoms with van der Waals surface area (Å²) in [5, 5.41) is 13.1. The van der Waals surface area contributed by atoms with Gasteiger partial charge >= 0.3 is 12.0 Å². The summed E-state index contributed by atoms with van der Waals surface area (Å²) in [6.07, 6.45) is 17.4. The van der Waals surface area contributed by atoms with Crippen molar-refractivity contribution in [1.82, 2.24) is 15.1 Å². The van der Waals surface area contributed by atoms with Crippen molar-refractivity contribution in [2.45, 2.75) is 110 Å². The van der Waals surface area contributed by atoms with Crippen LogP contribution in [0, 0.1) is 45.8 Å². The fraction of sp³-hybridized carbons (Fsp3) is 0.750. The quantitative estimate of drug-likeness (QED) is 0.332.